The molecule has 4 heteroatoms. The first-order valence-electron chi connectivity index (χ1n) is 5.31. The summed E-state index contributed by atoms with van der Waals surface area (Å²) in [5, 5.41) is 7.22. The van der Waals surface area contributed by atoms with Crippen LogP contribution in [0.5, 0.6) is 0 Å². The van der Waals surface area contributed by atoms with Crippen LogP contribution in [0.1, 0.15) is 37.2 Å². The largest absolute Gasteiger partial charge is 0.370 e. The molecule has 3 N–H and O–H groups in total. The van der Waals surface area contributed by atoms with E-state index in [1.807, 2.05) is 6.92 Å². The lowest BCUT2D eigenvalue weighted by molar-refractivity contribution is -0.117. The smallest absolute Gasteiger partial charge is 0.217 e. The molecule has 0 unspecified atom stereocenters. The molecule has 84 valence electrons. The molecule has 0 spiro atoms. The number of carbonyl (C=O) groups excluding carboxylic acids is 1. The van der Waals surface area contributed by atoms with Gasteiger partial charge in [-0.3, -0.25) is 9.89 Å². The molecule has 0 fully saturated rings. The Hall–Kier alpha value is -1.32. The molecule has 0 saturated heterocycles. The highest BCUT2D eigenvalue weighted by Gasteiger charge is 2.12. The number of aromatic nitrogens is 2. The first-order valence-corrected chi connectivity index (χ1v) is 5.31. The van der Waals surface area contributed by atoms with Crippen molar-refractivity contribution >= 4 is 5.91 Å². The standard InChI is InChI=1S/C11H19N3O/c1-7(2)6-10-9(4-5-11(12)15)8(3)13-14-10/h7H,4-6H2,1-3H3,(H2,12,15)(H,13,14). The van der Waals surface area contributed by atoms with Gasteiger partial charge in [0.15, 0.2) is 0 Å². The van der Waals surface area contributed by atoms with Crippen LogP contribution in [0.25, 0.3) is 0 Å². The van der Waals surface area contributed by atoms with Crippen molar-refractivity contribution in [1.82, 2.24) is 10.2 Å². The maximum absolute atomic E-state index is 10.7. The van der Waals surface area contributed by atoms with Crippen molar-refractivity contribution in [2.45, 2.75) is 40.0 Å². The fourth-order valence-electron chi connectivity index (χ4n) is 1.64. The van der Waals surface area contributed by atoms with Crippen LogP contribution in [-0.2, 0) is 17.6 Å². The summed E-state index contributed by atoms with van der Waals surface area (Å²) < 4.78 is 0. The molecular formula is C11H19N3O. The van der Waals surface area contributed by atoms with Crippen molar-refractivity contribution in [3.63, 3.8) is 0 Å². The average Bonchev–Trinajstić information content (AvgIpc) is 2.43. The first-order chi connectivity index (χ1) is 7.00. The van der Waals surface area contributed by atoms with E-state index in [9.17, 15) is 4.79 Å². The predicted octanol–water partition coefficient (Wildman–Crippen LogP) is 1.33. The number of rotatable bonds is 5. The Kier molecular flexibility index (Phi) is 3.88. The van der Waals surface area contributed by atoms with Crippen LogP contribution in [-0.4, -0.2) is 16.1 Å². The third-order valence-corrected chi connectivity index (χ3v) is 2.38. The molecule has 1 aromatic rings. The highest BCUT2D eigenvalue weighted by Crippen LogP contribution is 2.16. The topological polar surface area (TPSA) is 71.8 Å². The van der Waals surface area contributed by atoms with E-state index in [4.69, 9.17) is 5.73 Å². The molecule has 0 aromatic carbocycles. The van der Waals surface area contributed by atoms with Crippen LogP contribution >= 0.6 is 0 Å². The Morgan fingerprint density at radius 1 is 1.53 bits per heavy atom. The number of hydrogen-bond acceptors (Lipinski definition) is 2. The number of H-pyrrole nitrogens is 1. The number of nitrogens with zero attached hydrogens (tertiary/aromatic N) is 1. The van der Waals surface area contributed by atoms with Crippen molar-refractivity contribution in [3.05, 3.63) is 17.0 Å². The maximum Gasteiger partial charge on any atom is 0.217 e. The van der Waals surface area contributed by atoms with Gasteiger partial charge in [0.2, 0.25) is 5.91 Å². The number of primary amides is 1. The number of carbonyl (C=O) groups is 1. The molecular weight excluding hydrogens is 190 g/mol. The third-order valence-electron chi connectivity index (χ3n) is 2.38. The minimum Gasteiger partial charge on any atom is -0.370 e. The third kappa shape index (κ3) is 3.38. The van der Waals surface area contributed by atoms with Gasteiger partial charge < -0.3 is 5.73 Å². The molecule has 1 amide bonds. The van der Waals surface area contributed by atoms with Crippen LogP contribution in [0.3, 0.4) is 0 Å². The van der Waals surface area contributed by atoms with E-state index in [-0.39, 0.29) is 5.91 Å². The number of nitrogens with one attached hydrogen (secondary N) is 1. The summed E-state index contributed by atoms with van der Waals surface area (Å²) in [6.45, 7) is 6.29. The van der Waals surface area contributed by atoms with E-state index < -0.39 is 0 Å². The molecule has 0 bridgehead atoms. The van der Waals surface area contributed by atoms with E-state index >= 15 is 0 Å². The summed E-state index contributed by atoms with van der Waals surface area (Å²) in [5.74, 6) is 0.311. The van der Waals surface area contributed by atoms with Gasteiger partial charge in [-0.1, -0.05) is 13.8 Å². The predicted molar refractivity (Wildman–Crippen MR) is 59.4 cm³/mol. The van der Waals surface area contributed by atoms with Gasteiger partial charge in [0, 0.05) is 12.1 Å². The van der Waals surface area contributed by atoms with Crippen LogP contribution < -0.4 is 5.73 Å². The molecule has 4 nitrogen and oxygen atoms in total. The first kappa shape index (κ1) is 11.8. The highest BCUT2D eigenvalue weighted by atomic mass is 16.1. The van der Waals surface area contributed by atoms with Crippen LogP contribution in [0.2, 0.25) is 0 Å². The lowest BCUT2D eigenvalue weighted by atomic mass is 10.0. The number of nitrogens with two attached hydrogens (primary N) is 1. The number of hydrogen-bond donors (Lipinski definition) is 2. The van der Waals surface area contributed by atoms with Gasteiger partial charge in [-0.05, 0) is 31.2 Å². The Balaban J connectivity index is 2.75. The molecule has 0 atom stereocenters. The van der Waals surface area contributed by atoms with Gasteiger partial charge in [-0.15, -0.1) is 0 Å². The van der Waals surface area contributed by atoms with Gasteiger partial charge in [-0.25, -0.2) is 0 Å². The van der Waals surface area contributed by atoms with E-state index in [0.29, 0.717) is 18.8 Å². The second kappa shape index (κ2) is 4.96. The van der Waals surface area contributed by atoms with Gasteiger partial charge in [0.05, 0.1) is 5.69 Å². The second-order valence-electron chi connectivity index (χ2n) is 4.34. The SMILES string of the molecule is Cc1[nH]nc(CC(C)C)c1CCC(N)=O. The van der Waals surface area contributed by atoms with E-state index in [1.54, 1.807) is 0 Å². The van der Waals surface area contributed by atoms with E-state index in [0.717, 1.165) is 23.4 Å². The summed E-state index contributed by atoms with van der Waals surface area (Å²) in [6, 6.07) is 0. The summed E-state index contributed by atoms with van der Waals surface area (Å²) in [6.07, 6.45) is 2.03. The monoisotopic (exact) mass is 209 g/mol. The van der Waals surface area contributed by atoms with Crippen LogP contribution in [0, 0.1) is 12.8 Å². The quantitative estimate of drug-likeness (QED) is 0.768. The van der Waals surface area contributed by atoms with Crippen molar-refractivity contribution < 1.29 is 4.79 Å². The fraction of sp³-hybridized carbons (Fsp3) is 0.636. The van der Waals surface area contributed by atoms with Crippen LogP contribution in [0.15, 0.2) is 0 Å². The highest BCUT2D eigenvalue weighted by molar-refractivity contribution is 5.74. The molecule has 0 aliphatic heterocycles. The molecule has 1 aromatic heterocycles. The molecule has 0 aliphatic rings. The zero-order chi connectivity index (χ0) is 11.4. The number of aryl methyl sites for hydroxylation is 1. The minimum atomic E-state index is -0.258. The normalized spacial score (nSPS) is 10.9. The van der Waals surface area contributed by atoms with Crippen LogP contribution in [0.4, 0.5) is 0 Å². The Morgan fingerprint density at radius 3 is 2.73 bits per heavy atom. The fourth-order valence-corrected chi connectivity index (χ4v) is 1.64. The molecule has 0 aliphatic carbocycles. The van der Waals surface area contributed by atoms with E-state index in [1.165, 1.54) is 0 Å². The molecule has 0 radical (unpaired) electrons. The molecule has 15 heavy (non-hydrogen) atoms. The summed E-state index contributed by atoms with van der Waals surface area (Å²) >= 11 is 0. The Labute approximate surface area is 90.2 Å². The molecule has 0 saturated carbocycles. The summed E-state index contributed by atoms with van der Waals surface area (Å²) in [5.41, 5.74) is 8.42. The average molecular weight is 209 g/mol. The van der Waals surface area contributed by atoms with Gasteiger partial charge in [-0.2, -0.15) is 5.10 Å². The van der Waals surface area contributed by atoms with Crippen molar-refractivity contribution in [2.24, 2.45) is 11.7 Å². The summed E-state index contributed by atoms with van der Waals surface area (Å²) in [4.78, 5) is 10.7. The van der Waals surface area contributed by atoms with E-state index in [2.05, 4.69) is 24.0 Å². The molecule has 1 heterocycles. The number of aromatic amines is 1. The van der Waals surface area contributed by atoms with Crippen molar-refractivity contribution in [2.75, 3.05) is 0 Å². The molecule has 1 rings (SSSR count). The van der Waals surface area contributed by atoms with Crippen molar-refractivity contribution in [1.29, 1.82) is 0 Å². The maximum atomic E-state index is 10.7. The van der Waals surface area contributed by atoms with Gasteiger partial charge >= 0.3 is 0 Å². The Bertz CT molecular complexity index is 342. The lowest BCUT2D eigenvalue weighted by Gasteiger charge is -2.04. The zero-order valence-electron chi connectivity index (χ0n) is 9.63. The lowest BCUT2D eigenvalue weighted by Crippen LogP contribution is -2.12. The number of amides is 1. The van der Waals surface area contributed by atoms with Gasteiger partial charge in [0.25, 0.3) is 0 Å². The van der Waals surface area contributed by atoms with Gasteiger partial charge in [0.1, 0.15) is 0 Å². The van der Waals surface area contributed by atoms with Crippen molar-refractivity contribution in [3.8, 4) is 0 Å². The minimum absolute atomic E-state index is 0.258. The zero-order valence-corrected chi connectivity index (χ0v) is 9.63. The summed E-state index contributed by atoms with van der Waals surface area (Å²) in [7, 11) is 0. The second-order valence-corrected chi connectivity index (χ2v) is 4.34. The Morgan fingerprint density at radius 2 is 2.20 bits per heavy atom.